The van der Waals surface area contributed by atoms with Gasteiger partial charge in [0.15, 0.2) is 6.61 Å². The average molecular weight is 398 g/mol. The lowest BCUT2D eigenvalue weighted by atomic mass is 10.1. The summed E-state index contributed by atoms with van der Waals surface area (Å²) in [5.41, 5.74) is -0.660. The van der Waals surface area contributed by atoms with Crippen LogP contribution in [0.4, 0.5) is 18.9 Å². The number of halogens is 3. The number of ether oxygens (including phenoxy) is 1. The Kier molecular flexibility index (Phi) is 5.90. The molecule has 1 aliphatic heterocycles. The van der Waals surface area contributed by atoms with E-state index in [0.717, 1.165) is 49.9 Å². The fourth-order valence-electron chi connectivity index (χ4n) is 3.65. The van der Waals surface area contributed by atoms with E-state index in [-0.39, 0.29) is 24.1 Å². The van der Waals surface area contributed by atoms with Crippen molar-refractivity contribution < 1.29 is 32.3 Å². The van der Waals surface area contributed by atoms with Crippen LogP contribution in [0.5, 0.6) is 0 Å². The Morgan fingerprint density at radius 3 is 2.39 bits per heavy atom. The summed E-state index contributed by atoms with van der Waals surface area (Å²) < 4.78 is 42.6. The molecule has 2 amide bonds. The molecule has 1 N–H and O–H groups in total. The van der Waals surface area contributed by atoms with Gasteiger partial charge >= 0.3 is 12.1 Å². The van der Waals surface area contributed by atoms with Crippen molar-refractivity contribution in [3.05, 3.63) is 29.8 Å². The van der Waals surface area contributed by atoms with Crippen molar-refractivity contribution in [2.24, 2.45) is 5.92 Å². The standard InChI is InChI=1S/C19H21F3N2O4/c20-19(21,22)13-5-7-14(8-6-13)23-16(25)11-28-18(27)12-9-17(26)24(10-12)15-3-1-2-4-15/h5-8,12,15H,1-4,9-11H2,(H,23,25)/t12-/m1/s1. The van der Waals surface area contributed by atoms with Crippen LogP contribution in [0.1, 0.15) is 37.7 Å². The minimum Gasteiger partial charge on any atom is -0.455 e. The molecule has 0 spiro atoms. The molecule has 2 aliphatic rings. The molecule has 1 aromatic carbocycles. The van der Waals surface area contributed by atoms with Crippen LogP contribution < -0.4 is 5.32 Å². The zero-order chi connectivity index (χ0) is 20.3. The SMILES string of the molecule is O=C(COC(=O)[C@@H]1CC(=O)N(C2CCCC2)C1)Nc1ccc(C(F)(F)F)cc1. The largest absolute Gasteiger partial charge is 0.455 e. The molecule has 2 fully saturated rings. The number of esters is 1. The second-order valence-corrected chi connectivity index (χ2v) is 7.12. The highest BCUT2D eigenvalue weighted by Gasteiger charge is 2.39. The smallest absolute Gasteiger partial charge is 0.416 e. The maximum Gasteiger partial charge on any atom is 0.416 e. The molecule has 1 atom stereocenters. The zero-order valence-corrected chi connectivity index (χ0v) is 15.1. The van der Waals surface area contributed by atoms with E-state index in [9.17, 15) is 27.6 Å². The third-order valence-electron chi connectivity index (χ3n) is 5.10. The number of likely N-dealkylation sites (tertiary alicyclic amines) is 1. The number of carbonyl (C=O) groups excluding carboxylic acids is 3. The second-order valence-electron chi connectivity index (χ2n) is 7.12. The van der Waals surface area contributed by atoms with E-state index in [1.54, 1.807) is 4.90 Å². The number of benzene rings is 1. The van der Waals surface area contributed by atoms with E-state index in [1.807, 2.05) is 0 Å². The molecule has 0 bridgehead atoms. The molecular formula is C19H21F3N2O4. The first-order chi connectivity index (χ1) is 13.2. The quantitative estimate of drug-likeness (QED) is 0.774. The molecule has 1 aromatic rings. The number of nitrogens with zero attached hydrogens (tertiary/aromatic N) is 1. The lowest BCUT2D eigenvalue weighted by Crippen LogP contribution is -2.35. The van der Waals surface area contributed by atoms with E-state index in [0.29, 0.717) is 6.54 Å². The number of nitrogens with one attached hydrogen (secondary N) is 1. The maximum absolute atomic E-state index is 12.5. The van der Waals surface area contributed by atoms with Crippen molar-refractivity contribution in [1.29, 1.82) is 0 Å². The van der Waals surface area contributed by atoms with Crippen LogP contribution in [0.15, 0.2) is 24.3 Å². The van der Waals surface area contributed by atoms with E-state index in [2.05, 4.69) is 5.32 Å². The minimum atomic E-state index is -4.46. The Morgan fingerprint density at radius 1 is 1.14 bits per heavy atom. The van der Waals surface area contributed by atoms with Gasteiger partial charge in [-0.15, -0.1) is 0 Å². The zero-order valence-electron chi connectivity index (χ0n) is 15.1. The number of hydrogen-bond acceptors (Lipinski definition) is 4. The van der Waals surface area contributed by atoms with Gasteiger partial charge < -0.3 is 15.0 Å². The molecule has 0 aromatic heterocycles. The van der Waals surface area contributed by atoms with Gasteiger partial charge in [0, 0.05) is 24.7 Å². The summed E-state index contributed by atoms with van der Waals surface area (Å²) in [6.45, 7) is -0.253. The average Bonchev–Trinajstić information content (AvgIpc) is 3.28. The normalized spacial score (nSPS) is 20.5. The molecule has 1 aliphatic carbocycles. The number of alkyl halides is 3. The van der Waals surface area contributed by atoms with Crippen molar-refractivity contribution in [2.75, 3.05) is 18.5 Å². The summed E-state index contributed by atoms with van der Waals surface area (Å²) in [4.78, 5) is 37.9. The lowest BCUT2D eigenvalue weighted by Gasteiger charge is -2.23. The first-order valence-electron chi connectivity index (χ1n) is 9.17. The topological polar surface area (TPSA) is 75.7 Å². The molecule has 152 valence electrons. The summed E-state index contributed by atoms with van der Waals surface area (Å²) in [6, 6.07) is 4.13. The number of amides is 2. The van der Waals surface area contributed by atoms with Gasteiger partial charge in [-0.1, -0.05) is 12.8 Å². The van der Waals surface area contributed by atoms with Gasteiger partial charge in [-0.05, 0) is 37.1 Å². The fraction of sp³-hybridized carbons (Fsp3) is 0.526. The molecule has 9 heteroatoms. The van der Waals surface area contributed by atoms with Crippen molar-refractivity contribution in [2.45, 2.75) is 44.3 Å². The van der Waals surface area contributed by atoms with Crippen LogP contribution in [0, 0.1) is 5.92 Å². The van der Waals surface area contributed by atoms with Crippen LogP contribution in [0.25, 0.3) is 0 Å². The molecule has 6 nitrogen and oxygen atoms in total. The molecule has 0 unspecified atom stereocenters. The lowest BCUT2D eigenvalue weighted by molar-refractivity contribution is -0.151. The van der Waals surface area contributed by atoms with Crippen LogP contribution in [-0.4, -0.2) is 41.9 Å². The Bertz CT molecular complexity index is 743. The minimum absolute atomic E-state index is 0.0666. The molecular weight excluding hydrogens is 377 g/mol. The predicted octanol–water partition coefficient (Wildman–Crippen LogP) is 2.98. The van der Waals surface area contributed by atoms with Crippen LogP contribution in [0.3, 0.4) is 0 Å². The van der Waals surface area contributed by atoms with E-state index in [1.165, 1.54) is 0 Å². The van der Waals surface area contributed by atoms with E-state index >= 15 is 0 Å². The molecule has 1 heterocycles. The van der Waals surface area contributed by atoms with Gasteiger partial charge in [-0.25, -0.2) is 0 Å². The van der Waals surface area contributed by atoms with E-state index < -0.39 is 36.1 Å². The van der Waals surface area contributed by atoms with Gasteiger partial charge in [0.2, 0.25) is 5.91 Å². The van der Waals surface area contributed by atoms with Gasteiger partial charge in [0.25, 0.3) is 5.91 Å². The Hall–Kier alpha value is -2.58. The number of rotatable bonds is 5. The van der Waals surface area contributed by atoms with E-state index in [4.69, 9.17) is 4.74 Å². The van der Waals surface area contributed by atoms with Crippen molar-refractivity contribution in [3.8, 4) is 0 Å². The summed E-state index contributed by atoms with van der Waals surface area (Å²) in [6.07, 6.45) is -0.327. The van der Waals surface area contributed by atoms with Crippen molar-refractivity contribution in [3.63, 3.8) is 0 Å². The van der Waals surface area contributed by atoms with Crippen LogP contribution >= 0.6 is 0 Å². The molecule has 1 saturated carbocycles. The van der Waals surface area contributed by atoms with Gasteiger partial charge in [-0.3, -0.25) is 14.4 Å². The summed E-state index contributed by atoms with van der Waals surface area (Å²) in [7, 11) is 0. The Labute approximate surface area is 160 Å². The van der Waals surface area contributed by atoms with Crippen LogP contribution in [-0.2, 0) is 25.3 Å². The third-order valence-corrected chi connectivity index (χ3v) is 5.10. The molecule has 1 saturated heterocycles. The van der Waals surface area contributed by atoms with Crippen LogP contribution in [0.2, 0.25) is 0 Å². The predicted molar refractivity (Wildman–Crippen MR) is 93.1 cm³/mol. The van der Waals surface area contributed by atoms with Gasteiger partial charge in [-0.2, -0.15) is 13.2 Å². The Morgan fingerprint density at radius 2 is 1.79 bits per heavy atom. The first-order valence-corrected chi connectivity index (χ1v) is 9.17. The summed E-state index contributed by atoms with van der Waals surface area (Å²) in [5.74, 6) is -1.93. The van der Waals surface area contributed by atoms with Gasteiger partial charge in [0.1, 0.15) is 0 Å². The first kappa shape index (κ1) is 20.2. The summed E-state index contributed by atoms with van der Waals surface area (Å²) in [5, 5.41) is 2.37. The highest BCUT2D eigenvalue weighted by molar-refractivity contribution is 5.93. The summed E-state index contributed by atoms with van der Waals surface area (Å²) >= 11 is 0. The van der Waals surface area contributed by atoms with Crippen molar-refractivity contribution in [1.82, 2.24) is 4.90 Å². The number of anilines is 1. The maximum atomic E-state index is 12.5. The monoisotopic (exact) mass is 398 g/mol. The van der Waals surface area contributed by atoms with Gasteiger partial charge in [0.05, 0.1) is 11.5 Å². The second kappa shape index (κ2) is 8.20. The molecule has 0 radical (unpaired) electrons. The molecule has 28 heavy (non-hydrogen) atoms. The number of carbonyl (C=O) groups is 3. The third kappa shape index (κ3) is 4.82. The highest BCUT2D eigenvalue weighted by atomic mass is 19.4. The fourth-order valence-corrected chi connectivity index (χ4v) is 3.65. The number of hydrogen-bond donors (Lipinski definition) is 1. The molecule has 3 rings (SSSR count). The Balaban J connectivity index is 1.45. The van der Waals surface area contributed by atoms with Crippen molar-refractivity contribution >= 4 is 23.5 Å². The highest BCUT2D eigenvalue weighted by Crippen LogP contribution is 2.31.